The third-order valence-electron chi connectivity index (χ3n) is 2.16. The van der Waals surface area contributed by atoms with Crippen LogP contribution in [0.5, 0.6) is 5.75 Å². The lowest BCUT2D eigenvalue weighted by molar-refractivity contribution is 0.101. The predicted octanol–water partition coefficient (Wildman–Crippen LogP) is 2.38. The number of hydrogen-bond acceptors (Lipinski definition) is 3. The Morgan fingerprint density at radius 3 is 2.69 bits per heavy atom. The number of carbonyl (C=O) groups excluding carboxylic acids is 1. The van der Waals surface area contributed by atoms with Crippen molar-refractivity contribution < 1.29 is 18.7 Å². The first-order valence-corrected chi connectivity index (χ1v) is 5.00. The molecule has 0 unspecified atom stereocenters. The van der Waals surface area contributed by atoms with Gasteiger partial charge >= 0.3 is 0 Å². The zero-order valence-electron chi connectivity index (χ0n) is 9.46. The van der Waals surface area contributed by atoms with Crippen LogP contribution in [-0.2, 0) is 11.4 Å². The monoisotopic (exact) mass is 226 g/mol. The van der Waals surface area contributed by atoms with E-state index >= 15 is 0 Å². The van der Waals surface area contributed by atoms with E-state index in [0.29, 0.717) is 30.1 Å². The first-order valence-electron chi connectivity index (χ1n) is 5.00. The quantitative estimate of drug-likeness (QED) is 0.552. The van der Waals surface area contributed by atoms with E-state index in [-0.39, 0.29) is 5.78 Å². The zero-order chi connectivity index (χ0) is 12.0. The number of carbonyl (C=O) groups is 1. The Kier molecular flexibility index (Phi) is 4.92. The standard InChI is InChI=1S/C12H15FO3/c1-9(14)10-3-4-12(11(7-10)8-13)16-6-5-15-2/h3-4,7H,5-6,8H2,1-2H3. The third kappa shape index (κ3) is 3.31. The Balaban J connectivity index is 2.80. The van der Waals surface area contributed by atoms with Gasteiger partial charge in [0.05, 0.1) is 6.61 Å². The molecule has 1 rings (SSSR count). The Bertz CT molecular complexity index is 363. The molecule has 0 spiro atoms. The Labute approximate surface area is 94.2 Å². The molecule has 0 heterocycles. The minimum atomic E-state index is -0.649. The van der Waals surface area contributed by atoms with Gasteiger partial charge in [-0.3, -0.25) is 4.79 Å². The minimum Gasteiger partial charge on any atom is -0.491 e. The van der Waals surface area contributed by atoms with E-state index in [0.717, 1.165) is 0 Å². The van der Waals surface area contributed by atoms with Crippen LogP contribution in [-0.4, -0.2) is 26.1 Å². The largest absolute Gasteiger partial charge is 0.491 e. The summed E-state index contributed by atoms with van der Waals surface area (Å²) in [6.07, 6.45) is 0. The molecule has 1 aromatic carbocycles. The molecule has 1 aromatic rings. The molecule has 0 fully saturated rings. The van der Waals surface area contributed by atoms with Crippen LogP contribution in [0.1, 0.15) is 22.8 Å². The van der Waals surface area contributed by atoms with E-state index in [9.17, 15) is 9.18 Å². The molecule has 0 N–H and O–H groups in total. The summed E-state index contributed by atoms with van der Waals surface area (Å²) >= 11 is 0. The molecule has 0 amide bonds. The fraction of sp³-hybridized carbons (Fsp3) is 0.417. The van der Waals surface area contributed by atoms with E-state index in [1.54, 1.807) is 19.2 Å². The lowest BCUT2D eigenvalue weighted by Gasteiger charge is -2.10. The summed E-state index contributed by atoms with van der Waals surface area (Å²) in [6, 6.07) is 4.76. The van der Waals surface area contributed by atoms with Crippen LogP contribution < -0.4 is 4.74 Å². The smallest absolute Gasteiger partial charge is 0.159 e. The molecule has 0 saturated heterocycles. The number of hydrogen-bond donors (Lipinski definition) is 0. The van der Waals surface area contributed by atoms with E-state index in [2.05, 4.69) is 0 Å². The lowest BCUT2D eigenvalue weighted by atomic mass is 10.1. The summed E-state index contributed by atoms with van der Waals surface area (Å²) in [4.78, 5) is 11.1. The van der Waals surface area contributed by atoms with Crippen LogP contribution >= 0.6 is 0 Å². The van der Waals surface area contributed by atoms with E-state index < -0.39 is 6.67 Å². The molecule has 0 aromatic heterocycles. The van der Waals surface area contributed by atoms with Crippen LogP contribution in [0.3, 0.4) is 0 Å². The highest BCUT2D eigenvalue weighted by Crippen LogP contribution is 2.21. The molecule has 0 atom stereocenters. The molecule has 3 nitrogen and oxygen atoms in total. The number of benzene rings is 1. The molecule has 0 aliphatic heterocycles. The van der Waals surface area contributed by atoms with Crippen molar-refractivity contribution in [1.82, 2.24) is 0 Å². The van der Waals surface area contributed by atoms with Gasteiger partial charge < -0.3 is 9.47 Å². The normalized spacial score (nSPS) is 10.2. The van der Waals surface area contributed by atoms with Gasteiger partial charge in [-0.1, -0.05) is 0 Å². The second-order valence-electron chi connectivity index (χ2n) is 3.35. The maximum absolute atomic E-state index is 12.7. The van der Waals surface area contributed by atoms with Gasteiger partial charge in [0.15, 0.2) is 5.78 Å². The van der Waals surface area contributed by atoms with Crippen molar-refractivity contribution in [3.8, 4) is 5.75 Å². The van der Waals surface area contributed by atoms with Crippen LogP contribution in [0.4, 0.5) is 4.39 Å². The average molecular weight is 226 g/mol. The Morgan fingerprint density at radius 1 is 1.38 bits per heavy atom. The number of rotatable bonds is 6. The fourth-order valence-corrected chi connectivity index (χ4v) is 1.28. The van der Waals surface area contributed by atoms with Crippen LogP contribution in [0, 0.1) is 0 Å². The highest BCUT2D eigenvalue weighted by molar-refractivity contribution is 5.94. The summed E-state index contributed by atoms with van der Waals surface area (Å²) < 4.78 is 22.9. The molecule has 0 aliphatic rings. The third-order valence-corrected chi connectivity index (χ3v) is 2.16. The maximum Gasteiger partial charge on any atom is 0.159 e. The molecular formula is C12H15FO3. The first kappa shape index (κ1) is 12.6. The summed E-state index contributed by atoms with van der Waals surface area (Å²) in [5.41, 5.74) is 0.885. The molecule has 0 aliphatic carbocycles. The van der Waals surface area contributed by atoms with Crippen molar-refractivity contribution in [3.63, 3.8) is 0 Å². The van der Waals surface area contributed by atoms with Gasteiger partial charge in [0.25, 0.3) is 0 Å². The molecule has 0 bridgehead atoms. The topological polar surface area (TPSA) is 35.5 Å². The molecule has 0 radical (unpaired) electrons. The van der Waals surface area contributed by atoms with E-state index in [1.807, 2.05) is 0 Å². The first-order chi connectivity index (χ1) is 7.69. The van der Waals surface area contributed by atoms with Crippen molar-refractivity contribution in [2.75, 3.05) is 20.3 Å². The Hall–Kier alpha value is -1.42. The van der Waals surface area contributed by atoms with Crippen molar-refractivity contribution in [3.05, 3.63) is 29.3 Å². The molecule has 4 heteroatoms. The van der Waals surface area contributed by atoms with Crippen molar-refractivity contribution in [2.24, 2.45) is 0 Å². The van der Waals surface area contributed by atoms with Gasteiger partial charge in [0.1, 0.15) is 19.0 Å². The van der Waals surface area contributed by atoms with Gasteiger partial charge in [0.2, 0.25) is 0 Å². The fourth-order valence-electron chi connectivity index (χ4n) is 1.28. The van der Waals surface area contributed by atoms with E-state index in [4.69, 9.17) is 9.47 Å². The number of ketones is 1. The SMILES string of the molecule is COCCOc1ccc(C(C)=O)cc1CF. The van der Waals surface area contributed by atoms with Crippen molar-refractivity contribution in [2.45, 2.75) is 13.6 Å². The number of methoxy groups -OCH3 is 1. The van der Waals surface area contributed by atoms with E-state index in [1.165, 1.54) is 13.0 Å². The van der Waals surface area contributed by atoms with Gasteiger partial charge in [-0.05, 0) is 25.1 Å². The highest BCUT2D eigenvalue weighted by Gasteiger charge is 2.07. The van der Waals surface area contributed by atoms with Gasteiger partial charge in [-0.2, -0.15) is 0 Å². The number of Topliss-reactive ketones (excluding diaryl/α,β-unsaturated/α-hetero) is 1. The molecular weight excluding hydrogens is 211 g/mol. The summed E-state index contributed by atoms with van der Waals surface area (Å²) in [7, 11) is 1.57. The van der Waals surface area contributed by atoms with Crippen molar-refractivity contribution in [1.29, 1.82) is 0 Å². The predicted molar refractivity (Wildman–Crippen MR) is 58.6 cm³/mol. The highest BCUT2D eigenvalue weighted by atomic mass is 19.1. The molecule has 88 valence electrons. The van der Waals surface area contributed by atoms with Crippen LogP contribution in [0.2, 0.25) is 0 Å². The summed E-state index contributed by atoms with van der Waals surface area (Å²) in [5, 5.41) is 0. The van der Waals surface area contributed by atoms with Gasteiger partial charge in [-0.15, -0.1) is 0 Å². The van der Waals surface area contributed by atoms with Crippen LogP contribution in [0.25, 0.3) is 0 Å². The van der Waals surface area contributed by atoms with Crippen molar-refractivity contribution >= 4 is 5.78 Å². The summed E-state index contributed by atoms with van der Waals surface area (Å²) in [6.45, 7) is 1.61. The van der Waals surface area contributed by atoms with Crippen LogP contribution in [0.15, 0.2) is 18.2 Å². The second kappa shape index (κ2) is 6.23. The van der Waals surface area contributed by atoms with Gasteiger partial charge in [-0.25, -0.2) is 4.39 Å². The minimum absolute atomic E-state index is 0.0851. The number of alkyl halides is 1. The Morgan fingerprint density at radius 2 is 2.12 bits per heavy atom. The number of ether oxygens (including phenoxy) is 2. The second-order valence-corrected chi connectivity index (χ2v) is 3.35. The molecule has 16 heavy (non-hydrogen) atoms. The zero-order valence-corrected chi connectivity index (χ0v) is 9.46. The van der Waals surface area contributed by atoms with Gasteiger partial charge in [0, 0.05) is 18.2 Å². The number of halogens is 1. The molecule has 0 saturated carbocycles. The average Bonchev–Trinajstić information content (AvgIpc) is 2.29. The lowest BCUT2D eigenvalue weighted by Crippen LogP contribution is -2.06. The maximum atomic E-state index is 12.7. The summed E-state index contributed by atoms with van der Waals surface area (Å²) in [5.74, 6) is 0.377.